The van der Waals surface area contributed by atoms with Crippen molar-refractivity contribution in [2.45, 2.75) is 14.8 Å². The summed E-state index contributed by atoms with van der Waals surface area (Å²) in [4.78, 5) is 7.80. The van der Waals surface area contributed by atoms with Gasteiger partial charge in [0.1, 0.15) is 0 Å². The molecule has 29 heavy (non-hydrogen) atoms. The van der Waals surface area contributed by atoms with Crippen LogP contribution in [0.2, 0.25) is 0 Å². The zero-order valence-electron chi connectivity index (χ0n) is 15.3. The lowest BCUT2D eigenvalue weighted by atomic mass is 10.3. The highest BCUT2D eigenvalue weighted by atomic mass is 32.2. The topological polar surface area (TPSA) is 181 Å². The molecule has 0 aliphatic heterocycles. The summed E-state index contributed by atoms with van der Waals surface area (Å²) in [6, 6.07) is 11.6. The maximum atomic E-state index is 12.3. The fourth-order valence-electron chi connectivity index (χ4n) is 2.05. The van der Waals surface area contributed by atoms with E-state index >= 15 is 0 Å². The minimum Gasteiger partial charge on any atom is -0.479 e. The molecule has 6 N–H and O–H groups in total. The number of sulfone groups is 1. The lowest BCUT2D eigenvalue weighted by Gasteiger charge is -2.07. The van der Waals surface area contributed by atoms with Gasteiger partial charge in [0, 0.05) is 23.8 Å². The Morgan fingerprint density at radius 2 is 1.21 bits per heavy atom. The van der Waals surface area contributed by atoms with Crippen molar-refractivity contribution in [2.75, 3.05) is 18.6 Å². The lowest BCUT2D eigenvalue weighted by molar-refractivity contribution is 0.380. The minimum absolute atomic E-state index is 0.0330. The van der Waals surface area contributed by atoms with Gasteiger partial charge in [0.25, 0.3) is 5.88 Å². The van der Waals surface area contributed by atoms with Gasteiger partial charge in [-0.3, -0.25) is 0 Å². The SMILES string of the molecule is COc1nccnc1S(=O)(=O)c1ccc(N)cc1.Nc1ccc(S(N)(=O)=O)cc1. The molecule has 0 amide bonds. The number of benzene rings is 2. The Labute approximate surface area is 168 Å². The fourth-order valence-corrected chi connectivity index (χ4v) is 3.85. The van der Waals surface area contributed by atoms with Gasteiger partial charge in [-0.05, 0) is 48.5 Å². The van der Waals surface area contributed by atoms with Crippen LogP contribution in [0.3, 0.4) is 0 Å². The van der Waals surface area contributed by atoms with Gasteiger partial charge in [-0.25, -0.2) is 31.9 Å². The van der Waals surface area contributed by atoms with Gasteiger partial charge in [0.2, 0.25) is 24.9 Å². The number of methoxy groups -OCH3 is 1. The molecule has 1 aromatic heterocycles. The van der Waals surface area contributed by atoms with E-state index in [0.717, 1.165) is 0 Å². The highest BCUT2D eigenvalue weighted by molar-refractivity contribution is 7.91. The van der Waals surface area contributed by atoms with Crippen molar-refractivity contribution >= 4 is 31.2 Å². The molecule has 12 heteroatoms. The van der Waals surface area contributed by atoms with Gasteiger partial charge in [0.05, 0.1) is 16.9 Å². The zero-order valence-corrected chi connectivity index (χ0v) is 16.9. The summed E-state index contributed by atoms with van der Waals surface area (Å²) >= 11 is 0. The van der Waals surface area contributed by atoms with E-state index in [-0.39, 0.29) is 20.7 Å². The fraction of sp³-hybridized carbons (Fsp3) is 0.0588. The molecule has 0 fully saturated rings. The van der Waals surface area contributed by atoms with Gasteiger partial charge in [-0.15, -0.1) is 0 Å². The molecule has 1 heterocycles. The third-order valence-corrected chi connectivity index (χ3v) is 6.09. The Bertz CT molecular complexity index is 1180. The van der Waals surface area contributed by atoms with E-state index in [4.69, 9.17) is 21.3 Å². The number of aromatic nitrogens is 2. The van der Waals surface area contributed by atoms with Crippen molar-refractivity contribution in [1.29, 1.82) is 0 Å². The maximum Gasteiger partial charge on any atom is 0.252 e. The second-order valence-corrected chi connectivity index (χ2v) is 8.98. The molecule has 0 saturated heterocycles. The van der Waals surface area contributed by atoms with Crippen LogP contribution in [-0.2, 0) is 19.9 Å². The van der Waals surface area contributed by atoms with E-state index in [1.807, 2.05) is 0 Å². The van der Waals surface area contributed by atoms with E-state index in [2.05, 4.69) is 9.97 Å². The third kappa shape index (κ3) is 5.63. The van der Waals surface area contributed by atoms with Crippen molar-refractivity contribution in [3.8, 4) is 5.88 Å². The smallest absolute Gasteiger partial charge is 0.252 e. The molecule has 0 saturated carbocycles. The average molecular weight is 438 g/mol. The Balaban J connectivity index is 0.000000234. The molecule has 0 spiro atoms. The van der Waals surface area contributed by atoms with Crippen LogP contribution in [-0.4, -0.2) is 33.9 Å². The standard InChI is InChI=1S/C11H11N3O3S.C6H8N2O2S/c1-17-10-11(14-7-6-13-10)18(15,16)9-4-2-8(12)3-5-9;7-5-1-3-6(4-2-5)11(8,9)10/h2-7H,12H2,1H3;1-4H,7H2,(H2,8,9,10). The minimum atomic E-state index is -3.75. The predicted octanol–water partition coefficient (Wildman–Crippen LogP) is 0.816. The van der Waals surface area contributed by atoms with Gasteiger partial charge in [0.15, 0.2) is 0 Å². The predicted molar refractivity (Wildman–Crippen MR) is 107 cm³/mol. The first-order valence-corrected chi connectivity index (χ1v) is 10.9. The first-order chi connectivity index (χ1) is 13.6. The van der Waals surface area contributed by atoms with Gasteiger partial charge >= 0.3 is 0 Å². The summed E-state index contributed by atoms with van der Waals surface area (Å²) in [6.45, 7) is 0. The van der Waals surface area contributed by atoms with Crippen molar-refractivity contribution in [2.24, 2.45) is 5.14 Å². The molecule has 0 aliphatic rings. The summed E-state index contributed by atoms with van der Waals surface area (Å²) < 4.78 is 50.9. The summed E-state index contributed by atoms with van der Waals surface area (Å²) in [5, 5.41) is 4.63. The second kappa shape index (κ2) is 8.86. The molecular formula is C17H19N5O5S2. The van der Waals surface area contributed by atoms with Crippen LogP contribution in [0.1, 0.15) is 0 Å². The Kier molecular flexibility index (Phi) is 6.74. The zero-order chi connectivity index (χ0) is 21.7. The quantitative estimate of drug-likeness (QED) is 0.497. The van der Waals surface area contributed by atoms with Crippen LogP contribution in [0.4, 0.5) is 11.4 Å². The van der Waals surface area contributed by atoms with Crippen LogP contribution in [0.25, 0.3) is 0 Å². The summed E-state index contributed by atoms with van der Waals surface area (Å²) in [6.07, 6.45) is 2.66. The van der Waals surface area contributed by atoms with Crippen molar-refractivity contribution in [1.82, 2.24) is 9.97 Å². The van der Waals surface area contributed by atoms with E-state index in [1.54, 1.807) is 0 Å². The Morgan fingerprint density at radius 1 is 0.759 bits per heavy atom. The maximum absolute atomic E-state index is 12.3. The lowest BCUT2D eigenvalue weighted by Crippen LogP contribution is -2.11. The number of anilines is 2. The molecule has 0 bridgehead atoms. The first kappa shape index (κ1) is 22.1. The molecule has 0 unspecified atom stereocenters. The molecule has 3 rings (SSSR count). The third-order valence-electron chi connectivity index (χ3n) is 3.48. The summed E-state index contributed by atoms with van der Waals surface area (Å²) in [7, 11) is -5.99. The van der Waals surface area contributed by atoms with Crippen LogP contribution in [0.5, 0.6) is 5.88 Å². The highest BCUT2D eigenvalue weighted by Gasteiger charge is 2.24. The van der Waals surface area contributed by atoms with Gasteiger partial charge in [-0.2, -0.15) is 0 Å². The molecule has 0 aliphatic carbocycles. The van der Waals surface area contributed by atoms with Crippen LogP contribution in [0, 0.1) is 0 Å². The number of hydrogen-bond acceptors (Lipinski definition) is 9. The summed E-state index contributed by atoms with van der Waals surface area (Å²) in [5.74, 6) is -0.0330. The second-order valence-electron chi connectivity index (χ2n) is 5.56. The number of rotatable bonds is 4. The van der Waals surface area contributed by atoms with Gasteiger partial charge < -0.3 is 16.2 Å². The number of nitrogen functional groups attached to an aromatic ring is 2. The van der Waals surface area contributed by atoms with Crippen LogP contribution < -0.4 is 21.3 Å². The molecule has 0 atom stereocenters. The number of ether oxygens (including phenoxy) is 1. The summed E-state index contributed by atoms with van der Waals surface area (Å²) in [5.41, 5.74) is 11.8. The van der Waals surface area contributed by atoms with Crippen LogP contribution in [0.15, 0.2) is 75.7 Å². The monoisotopic (exact) mass is 437 g/mol. The number of nitrogens with two attached hydrogens (primary N) is 3. The molecule has 154 valence electrons. The van der Waals surface area contributed by atoms with E-state index in [9.17, 15) is 16.8 Å². The molecular weight excluding hydrogens is 418 g/mol. The van der Waals surface area contributed by atoms with Gasteiger partial charge in [-0.1, -0.05) is 0 Å². The normalized spacial score (nSPS) is 11.2. The van der Waals surface area contributed by atoms with Crippen molar-refractivity contribution in [3.05, 3.63) is 60.9 Å². The average Bonchev–Trinajstić information content (AvgIpc) is 2.68. The number of hydrogen-bond donors (Lipinski definition) is 3. The van der Waals surface area contributed by atoms with E-state index < -0.39 is 19.9 Å². The van der Waals surface area contributed by atoms with Crippen molar-refractivity contribution in [3.63, 3.8) is 0 Å². The van der Waals surface area contributed by atoms with Crippen LogP contribution >= 0.6 is 0 Å². The molecule has 2 aromatic carbocycles. The first-order valence-electron chi connectivity index (χ1n) is 7.89. The molecule has 10 nitrogen and oxygen atoms in total. The Hall–Kier alpha value is -3.22. The molecule has 3 aromatic rings. The van der Waals surface area contributed by atoms with E-state index in [0.29, 0.717) is 11.4 Å². The number of nitrogens with zero attached hydrogens (tertiary/aromatic N) is 2. The van der Waals surface area contributed by atoms with Crippen molar-refractivity contribution < 1.29 is 21.6 Å². The van der Waals surface area contributed by atoms with E-state index in [1.165, 1.54) is 68.0 Å². The Morgan fingerprint density at radius 3 is 1.66 bits per heavy atom. The highest BCUT2D eigenvalue weighted by Crippen LogP contribution is 2.25. The number of primary sulfonamides is 1. The largest absolute Gasteiger partial charge is 0.479 e. The molecule has 0 radical (unpaired) electrons. The number of sulfonamides is 1.